The lowest BCUT2D eigenvalue weighted by Gasteiger charge is -2.32. The minimum absolute atomic E-state index is 0.0559. The molecule has 1 saturated heterocycles. The van der Waals surface area contributed by atoms with Gasteiger partial charge in [-0.25, -0.2) is 4.99 Å². The average molecular weight is 395 g/mol. The van der Waals surface area contributed by atoms with Gasteiger partial charge >= 0.3 is 0 Å². The molecule has 0 spiro atoms. The number of thioether (sulfide) groups is 1. The van der Waals surface area contributed by atoms with Gasteiger partial charge in [-0.3, -0.25) is 14.5 Å². The number of carbonyl (C=O) groups excluding carboxylic acids is 2. The van der Waals surface area contributed by atoms with Gasteiger partial charge in [-0.2, -0.15) is 0 Å². The summed E-state index contributed by atoms with van der Waals surface area (Å²) in [4.78, 5) is 33.5. The van der Waals surface area contributed by atoms with Gasteiger partial charge in [0, 0.05) is 17.8 Å². The van der Waals surface area contributed by atoms with Crippen molar-refractivity contribution in [2.75, 3.05) is 23.6 Å². The number of anilines is 2. The Bertz CT molecular complexity index is 945. The van der Waals surface area contributed by atoms with Crippen LogP contribution in [0.3, 0.4) is 0 Å². The number of hydrogen-bond acceptors (Lipinski definition) is 5. The van der Waals surface area contributed by atoms with Crippen LogP contribution in [0, 0.1) is 13.8 Å². The maximum absolute atomic E-state index is 12.8. The summed E-state index contributed by atoms with van der Waals surface area (Å²) in [5, 5.41) is 3.18. The fourth-order valence-corrected chi connectivity index (χ4v) is 4.38. The van der Waals surface area contributed by atoms with Gasteiger partial charge in [0.05, 0.1) is 0 Å². The molecule has 1 fully saturated rings. The molecule has 4 rings (SSSR count). The van der Waals surface area contributed by atoms with Crippen LogP contribution in [-0.4, -0.2) is 40.5 Å². The minimum Gasteiger partial charge on any atom is -0.334 e. The number of para-hydroxylation sites is 1. The minimum atomic E-state index is -0.430. The van der Waals surface area contributed by atoms with Crippen molar-refractivity contribution in [1.29, 1.82) is 0 Å². The van der Waals surface area contributed by atoms with Crippen LogP contribution >= 0.6 is 11.8 Å². The number of carbonyl (C=O) groups is 2. The molecular formula is C21H22N4O2S. The zero-order valence-corrected chi connectivity index (χ0v) is 16.7. The summed E-state index contributed by atoms with van der Waals surface area (Å²) in [5.74, 6) is -0.214. The molecule has 1 atom stereocenters. The van der Waals surface area contributed by atoms with E-state index >= 15 is 0 Å². The van der Waals surface area contributed by atoms with Gasteiger partial charge in [-0.1, -0.05) is 36.0 Å². The van der Waals surface area contributed by atoms with Crippen molar-refractivity contribution < 1.29 is 9.59 Å². The van der Waals surface area contributed by atoms with Gasteiger partial charge in [-0.05, 0) is 49.2 Å². The van der Waals surface area contributed by atoms with Gasteiger partial charge in [0.1, 0.15) is 18.6 Å². The van der Waals surface area contributed by atoms with Crippen molar-refractivity contribution in [3.8, 4) is 0 Å². The molecule has 7 heteroatoms. The Morgan fingerprint density at radius 1 is 1.18 bits per heavy atom. The smallest absolute Gasteiger partial charge is 0.244 e. The van der Waals surface area contributed by atoms with Crippen molar-refractivity contribution in [3.05, 3.63) is 59.7 Å². The van der Waals surface area contributed by atoms with E-state index in [0.717, 1.165) is 16.9 Å². The molecule has 144 valence electrons. The standard InChI is InChI=1S/C21H22N4O2S/c1-14-8-9-16(10-15(14)2)23-19(26)11-18-20(27)25-13-24(12-22-21(25)28-18)17-6-4-3-5-7-17/h3-10,18H,11-13H2,1-2H3,(H,23,26). The van der Waals surface area contributed by atoms with Crippen LogP contribution in [0.25, 0.3) is 0 Å². The van der Waals surface area contributed by atoms with Crippen molar-refractivity contribution in [2.45, 2.75) is 25.5 Å². The Balaban J connectivity index is 1.39. The summed E-state index contributed by atoms with van der Waals surface area (Å²) >= 11 is 1.38. The van der Waals surface area contributed by atoms with Crippen LogP contribution in [0.2, 0.25) is 0 Å². The molecule has 2 aromatic carbocycles. The third kappa shape index (κ3) is 3.75. The molecule has 0 saturated carbocycles. The molecule has 1 unspecified atom stereocenters. The zero-order valence-electron chi connectivity index (χ0n) is 15.9. The number of nitrogens with one attached hydrogen (secondary N) is 1. The lowest BCUT2D eigenvalue weighted by Crippen LogP contribution is -2.46. The molecular weight excluding hydrogens is 372 g/mol. The predicted molar refractivity (Wildman–Crippen MR) is 113 cm³/mol. The van der Waals surface area contributed by atoms with Crippen LogP contribution in [0.4, 0.5) is 11.4 Å². The quantitative estimate of drug-likeness (QED) is 0.864. The lowest BCUT2D eigenvalue weighted by atomic mass is 10.1. The summed E-state index contributed by atoms with van der Waals surface area (Å²) < 4.78 is 0. The van der Waals surface area contributed by atoms with Crippen molar-refractivity contribution >= 4 is 40.1 Å². The maximum Gasteiger partial charge on any atom is 0.244 e. The molecule has 0 radical (unpaired) electrons. The van der Waals surface area contributed by atoms with Crippen molar-refractivity contribution in [1.82, 2.24) is 4.90 Å². The summed E-state index contributed by atoms with van der Waals surface area (Å²) in [5.41, 5.74) is 4.09. The highest BCUT2D eigenvalue weighted by Gasteiger charge is 2.41. The van der Waals surface area contributed by atoms with Crippen molar-refractivity contribution in [3.63, 3.8) is 0 Å². The van der Waals surface area contributed by atoms with E-state index in [2.05, 4.69) is 10.3 Å². The highest BCUT2D eigenvalue weighted by molar-refractivity contribution is 8.15. The second kappa shape index (κ2) is 7.67. The molecule has 0 aliphatic carbocycles. The predicted octanol–water partition coefficient (Wildman–Crippen LogP) is 3.37. The van der Waals surface area contributed by atoms with Gasteiger partial charge in [0.2, 0.25) is 11.8 Å². The SMILES string of the molecule is Cc1ccc(NC(=O)CC2SC3=NCN(c4ccccc4)CN3C2=O)cc1C. The first-order valence-electron chi connectivity index (χ1n) is 9.21. The molecule has 2 aliphatic rings. The Labute approximate surface area is 168 Å². The first-order valence-corrected chi connectivity index (χ1v) is 10.1. The number of hydrogen-bond donors (Lipinski definition) is 1. The summed E-state index contributed by atoms with van der Waals surface area (Å²) in [7, 11) is 0. The first-order chi connectivity index (χ1) is 13.5. The number of fused-ring (bicyclic) bond motifs is 1. The average Bonchev–Trinajstić information content (AvgIpc) is 3.00. The Morgan fingerprint density at radius 2 is 1.96 bits per heavy atom. The summed E-state index contributed by atoms with van der Waals surface area (Å²) in [6.45, 7) is 5.02. The number of aryl methyl sites for hydroxylation is 2. The van der Waals surface area contributed by atoms with E-state index in [4.69, 9.17) is 0 Å². The zero-order chi connectivity index (χ0) is 19.7. The molecule has 1 N–H and O–H groups in total. The molecule has 0 aromatic heterocycles. The van der Waals surface area contributed by atoms with E-state index < -0.39 is 5.25 Å². The number of aliphatic imine (C=N–C) groups is 1. The second-order valence-corrected chi connectivity index (χ2v) is 8.19. The van der Waals surface area contributed by atoms with Gasteiger partial charge < -0.3 is 10.2 Å². The Morgan fingerprint density at radius 3 is 2.71 bits per heavy atom. The van der Waals surface area contributed by atoms with Crippen LogP contribution in [0.1, 0.15) is 17.5 Å². The maximum atomic E-state index is 12.8. The first kappa shape index (κ1) is 18.6. The molecule has 2 aromatic rings. The van der Waals surface area contributed by atoms with E-state index in [1.807, 2.05) is 67.3 Å². The van der Waals surface area contributed by atoms with E-state index in [0.29, 0.717) is 18.5 Å². The molecule has 2 heterocycles. The second-order valence-electron chi connectivity index (χ2n) is 7.02. The van der Waals surface area contributed by atoms with E-state index in [1.165, 1.54) is 17.3 Å². The van der Waals surface area contributed by atoms with E-state index in [1.54, 1.807) is 4.90 Å². The normalized spacial score (nSPS) is 18.7. The fourth-order valence-electron chi connectivity index (χ4n) is 3.25. The van der Waals surface area contributed by atoms with Crippen LogP contribution in [0.15, 0.2) is 53.5 Å². The van der Waals surface area contributed by atoms with Crippen LogP contribution < -0.4 is 10.2 Å². The number of benzene rings is 2. The van der Waals surface area contributed by atoms with E-state index in [9.17, 15) is 9.59 Å². The van der Waals surface area contributed by atoms with E-state index in [-0.39, 0.29) is 18.2 Å². The largest absolute Gasteiger partial charge is 0.334 e. The fraction of sp³-hybridized carbons (Fsp3) is 0.286. The highest BCUT2D eigenvalue weighted by atomic mass is 32.2. The molecule has 2 amide bonds. The van der Waals surface area contributed by atoms with Gasteiger partial charge in [-0.15, -0.1) is 0 Å². The summed E-state index contributed by atoms with van der Waals surface area (Å²) in [6, 6.07) is 15.7. The number of amides is 2. The molecule has 0 bridgehead atoms. The highest BCUT2D eigenvalue weighted by Crippen LogP contribution is 2.33. The van der Waals surface area contributed by atoms with Crippen LogP contribution in [-0.2, 0) is 9.59 Å². The summed E-state index contributed by atoms with van der Waals surface area (Å²) in [6.07, 6.45) is 0.136. The molecule has 2 aliphatic heterocycles. The monoisotopic (exact) mass is 394 g/mol. The topological polar surface area (TPSA) is 65.0 Å². The Kier molecular flexibility index (Phi) is 5.09. The third-order valence-electron chi connectivity index (χ3n) is 4.99. The number of amidine groups is 1. The number of nitrogens with zero attached hydrogens (tertiary/aromatic N) is 3. The molecule has 6 nitrogen and oxygen atoms in total. The van der Waals surface area contributed by atoms with Crippen molar-refractivity contribution in [2.24, 2.45) is 4.99 Å². The van der Waals surface area contributed by atoms with Gasteiger partial charge in [0.25, 0.3) is 0 Å². The molecule has 28 heavy (non-hydrogen) atoms. The van der Waals surface area contributed by atoms with Crippen LogP contribution in [0.5, 0.6) is 0 Å². The van der Waals surface area contributed by atoms with Gasteiger partial charge in [0.15, 0.2) is 5.17 Å². The number of rotatable bonds is 4. The third-order valence-corrected chi connectivity index (χ3v) is 6.20. The lowest BCUT2D eigenvalue weighted by molar-refractivity contribution is -0.128. The Hall–Kier alpha value is -2.80.